The zero-order chi connectivity index (χ0) is 13.1. The first-order chi connectivity index (χ1) is 7.86. The average Bonchev–Trinajstić information content (AvgIpc) is 2.24. The minimum absolute atomic E-state index is 0.0831. The van der Waals surface area contributed by atoms with Crippen molar-refractivity contribution < 1.29 is 13.2 Å². The Bertz CT molecular complexity index is 439. The Kier molecular flexibility index (Phi) is 4.18. The van der Waals surface area contributed by atoms with E-state index in [1.54, 1.807) is 7.05 Å². The van der Waals surface area contributed by atoms with Crippen molar-refractivity contribution in [3.8, 4) is 6.07 Å². The Hall–Kier alpha value is -1.48. The Balaban J connectivity index is 2.94. The van der Waals surface area contributed by atoms with Gasteiger partial charge in [0, 0.05) is 19.8 Å². The lowest BCUT2D eigenvalue weighted by molar-refractivity contribution is -0.137. The molecule has 0 spiro atoms. The van der Waals surface area contributed by atoms with E-state index in [1.165, 1.54) is 4.90 Å². The van der Waals surface area contributed by atoms with Crippen LogP contribution in [-0.2, 0) is 6.18 Å². The van der Waals surface area contributed by atoms with Crippen molar-refractivity contribution in [2.24, 2.45) is 0 Å². The molecule has 3 nitrogen and oxygen atoms in total. The second-order valence-electron chi connectivity index (χ2n) is 3.36. The van der Waals surface area contributed by atoms with E-state index in [2.05, 4.69) is 4.98 Å². The van der Waals surface area contributed by atoms with Gasteiger partial charge in [-0.15, -0.1) is 0 Å². The van der Waals surface area contributed by atoms with Gasteiger partial charge in [0.25, 0.3) is 0 Å². The van der Waals surface area contributed by atoms with Gasteiger partial charge in [0.1, 0.15) is 5.82 Å². The van der Waals surface area contributed by atoms with Gasteiger partial charge in [-0.25, -0.2) is 4.98 Å². The van der Waals surface area contributed by atoms with Crippen molar-refractivity contribution in [2.75, 3.05) is 18.5 Å². The van der Waals surface area contributed by atoms with E-state index < -0.39 is 11.7 Å². The molecule has 0 atom stereocenters. The van der Waals surface area contributed by atoms with Gasteiger partial charge in [-0.2, -0.15) is 18.4 Å². The van der Waals surface area contributed by atoms with Gasteiger partial charge in [0.2, 0.25) is 0 Å². The summed E-state index contributed by atoms with van der Waals surface area (Å²) >= 11 is 5.72. The first kappa shape index (κ1) is 13.6. The third kappa shape index (κ3) is 3.49. The second kappa shape index (κ2) is 5.23. The summed E-state index contributed by atoms with van der Waals surface area (Å²) in [4.78, 5) is 5.20. The molecule has 0 fully saturated rings. The van der Waals surface area contributed by atoms with E-state index in [-0.39, 0.29) is 17.3 Å². The molecule has 0 unspecified atom stereocenters. The summed E-state index contributed by atoms with van der Waals surface area (Å²) in [5.41, 5.74) is -0.889. The molecule has 0 aliphatic rings. The van der Waals surface area contributed by atoms with E-state index in [9.17, 15) is 13.2 Å². The number of halogens is 4. The lowest BCUT2D eigenvalue weighted by Gasteiger charge is -2.18. The molecule has 0 aliphatic carbocycles. The molecular weight excluding hydrogens is 255 g/mol. The zero-order valence-corrected chi connectivity index (χ0v) is 9.68. The summed E-state index contributed by atoms with van der Waals surface area (Å²) in [5, 5.41) is 8.32. The van der Waals surface area contributed by atoms with Gasteiger partial charge in [0.05, 0.1) is 23.1 Å². The van der Waals surface area contributed by atoms with Crippen LogP contribution in [0, 0.1) is 11.3 Å². The van der Waals surface area contributed by atoms with E-state index in [0.29, 0.717) is 6.54 Å². The topological polar surface area (TPSA) is 39.9 Å². The number of nitriles is 1. The molecule has 0 saturated heterocycles. The Morgan fingerprint density at radius 1 is 1.53 bits per heavy atom. The highest BCUT2D eigenvalue weighted by molar-refractivity contribution is 6.33. The molecule has 0 aliphatic heterocycles. The quantitative estimate of drug-likeness (QED) is 0.841. The molecule has 92 valence electrons. The summed E-state index contributed by atoms with van der Waals surface area (Å²) in [6.07, 6.45) is -3.49. The number of anilines is 1. The molecule has 0 N–H and O–H groups in total. The van der Waals surface area contributed by atoms with Crippen LogP contribution in [0.2, 0.25) is 5.02 Å². The molecule has 0 amide bonds. The lowest BCUT2D eigenvalue weighted by Crippen LogP contribution is -2.20. The maximum absolute atomic E-state index is 12.3. The minimum Gasteiger partial charge on any atom is -0.357 e. The van der Waals surface area contributed by atoms with Crippen LogP contribution in [0.15, 0.2) is 12.3 Å². The summed E-state index contributed by atoms with van der Waals surface area (Å²) < 4.78 is 37.0. The van der Waals surface area contributed by atoms with Crippen molar-refractivity contribution in [3.63, 3.8) is 0 Å². The van der Waals surface area contributed by atoms with E-state index in [4.69, 9.17) is 16.9 Å². The van der Waals surface area contributed by atoms with Crippen LogP contribution in [0.5, 0.6) is 0 Å². The van der Waals surface area contributed by atoms with Crippen molar-refractivity contribution >= 4 is 17.4 Å². The maximum Gasteiger partial charge on any atom is 0.417 e. The summed E-state index contributed by atoms with van der Waals surface area (Å²) in [6, 6.07) is 2.76. The second-order valence-corrected chi connectivity index (χ2v) is 3.76. The van der Waals surface area contributed by atoms with Crippen LogP contribution >= 0.6 is 11.6 Å². The number of alkyl halides is 3. The molecule has 0 radical (unpaired) electrons. The Labute approximate surface area is 101 Å². The highest BCUT2D eigenvalue weighted by atomic mass is 35.5. The van der Waals surface area contributed by atoms with Crippen molar-refractivity contribution in [1.29, 1.82) is 5.26 Å². The van der Waals surface area contributed by atoms with Gasteiger partial charge in [0.15, 0.2) is 0 Å². The number of rotatable bonds is 3. The first-order valence-corrected chi connectivity index (χ1v) is 5.05. The van der Waals surface area contributed by atoms with Crippen LogP contribution in [0.25, 0.3) is 0 Å². The minimum atomic E-state index is -4.46. The number of aromatic nitrogens is 1. The molecule has 7 heteroatoms. The van der Waals surface area contributed by atoms with Crippen LogP contribution in [0.3, 0.4) is 0 Å². The highest BCUT2D eigenvalue weighted by Crippen LogP contribution is 2.33. The largest absolute Gasteiger partial charge is 0.417 e. The van der Waals surface area contributed by atoms with E-state index in [1.807, 2.05) is 6.07 Å². The average molecular weight is 264 g/mol. The lowest BCUT2D eigenvalue weighted by atomic mass is 10.2. The molecule has 17 heavy (non-hydrogen) atoms. The predicted octanol–water partition coefficient (Wildman–Crippen LogP) is 3.10. The SMILES string of the molecule is CN(CCC#N)c1ncc(C(F)(F)F)cc1Cl. The zero-order valence-electron chi connectivity index (χ0n) is 8.92. The smallest absolute Gasteiger partial charge is 0.357 e. The fourth-order valence-electron chi connectivity index (χ4n) is 1.19. The van der Waals surface area contributed by atoms with Crippen LogP contribution in [-0.4, -0.2) is 18.6 Å². The number of hydrogen-bond acceptors (Lipinski definition) is 3. The third-order valence-corrected chi connectivity index (χ3v) is 2.35. The van der Waals surface area contributed by atoms with Gasteiger partial charge >= 0.3 is 6.18 Å². The third-order valence-electron chi connectivity index (χ3n) is 2.07. The van der Waals surface area contributed by atoms with Gasteiger partial charge in [-0.05, 0) is 6.07 Å². The summed E-state index contributed by atoms with van der Waals surface area (Å²) in [5.74, 6) is 0.231. The first-order valence-electron chi connectivity index (χ1n) is 4.67. The van der Waals surface area contributed by atoms with Crippen LogP contribution in [0.4, 0.5) is 19.0 Å². The van der Waals surface area contributed by atoms with E-state index >= 15 is 0 Å². The van der Waals surface area contributed by atoms with Gasteiger partial charge in [-0.1, -0.05) is 11.6 Å². The molecule has 1 heterocycles. The number of hydrogen-bond donors (Lipinski definition) is 0. The molecule has 0 bridgehead atoms. The van der Waals surface area contributed by atoms with Crippen LogP contribution < -0.4 is 4.90 Å². The normalized spacial score (nSPS) is 11.1. The fraction of sp³-hybridized carbons (Fsp3) is 0.400. The summed E-state index contributed by atoms with van der Waals surface area (Å²) in [6.45, 7) is 0.356. The number of nitrogens with zero attached hydrogens (tertiary/aromatic N) is 3. The van der Waals surface area contributed by atoms with Crippen molar-refractivity contribution in [2.45, 2.75) is 12.6 Å². The predicted molar refractivity (Wildman–Crippen MR) is 57.7 cm³/mol. The Morgan fingerprint density at radius 3 is 2.65 bits per heavy atom. The highest BCUT2D eigenvalue weighted by Gasteiger charge is 2.31. The van der Waals surface area contributed by atoms with Crippen molar-refractivity contribution in [1.82, 2.24) is 4.98 Å². The van der Waals surface area contributed by atoms with Gasteiger partial charge < -0.3 is 4.90 Å². The molecule has 1 aromatic heterocycles. The van der Waals surface area contributed by atoms with Crippen molar-refractivity contribution in [3.05, 3.63) is 22.8 Å². The van der Waals surface area contributed by atoms with E-state index in [0.717, 1.165) is 12.3 Å². The standard InChI is InChI=1S/C10H9ClF3N3/c1-17(4-2-3-15)9-8(11)5-7(6-16-9)10(12,13)14/h5-6H,2,4H2,1H3. The summed E-state index contributed by atoms with van der Waals surface area (Å²) in [7, 11) is 1.61. The number of pyridine rings is 1. The molecule has 1 rings (SSSR count). The van der Waals surface area contributed by atoms with Gasteiger partial charge in [-0.3, -0.25) is 0 Å². The monoisotopic (exact) mass is 263 g/mol. The molecule has 1 aromatic rings. The molecule has 0 saturated carbocycles. The fourth-order valence-corrected chi connectivity index (χ4v) is 1.50. The molecular formula is C10H9ClF3N3. The maximum atomic E-state index is 12.3. The molecule has 0 aromatic carbocycles. The Morgan fingerprint density at radius 2 is 2.18 bits per heavy atom. The van der Waals surface area contributed by atoms with Crippen LogP contribution in [0.1, 0.15) is 12.0 Å².